The Labute approximate surface area is 194 Å². The number of aliphatic hydroxyl groups is 4. The summed E-state index contributed by atoms with van der Waals surface area (Å²) in [6.45, 7) is 0.558. The van der Waals surface area contributed by atoms with E-state index >= 15 is 0 Å². The van der Waals surface area contributed by atoms with Crippen LogP contribution in [0.4, 0.5) is 0 Å². The van der Waals surface area contributed by atoms with E-state index in [0.717, 1.165) is 5.69 Å². The molecule has 2 aliphatic heterocycles. The molecule has 11 heteroatoms. The Morgan fingerprint density at radius 1 is 1.24 bits per heavy atom. The second kappa shape index (κ2) is 11.4. The molecule has 1 aromatic heterocycles. The molecule has 0 bridgehead atoms. The van der Waals surface area contributed by atoms with Gasteiger partial charge in [0, 0.05) is 26.5 Å². The normalized spacial score (nSPS) is 30.0. The van der Waals surface area contributed by atoms with E-state index in [1.54, 1.807) is 12.3 Å². The lowest BCUT2D eigenvalue weighted by Gasteiger charge is -2.40. The van der Waals surface area contributed by atoms with Crippen LogP contribution in [0.5, 0.6) is 0 Å². The summed E-state index contributed by atoms with van der Waals surface area (Å²) in [7, 11) is 1.25. The van der Waals surface area contributed by atoms with Crippen molar-refractivity contribution < 1.29 is 36.1 Å². The molecule has 0 spiro atoms. The third-order valence-electron chi connectivity index (χ3n) is 6.34. The van der Waals surface area contributed by atoms with Crippen LogP contribution >= 0.6 is 0 Å². The average molecular weight is 468 g/mol. The van der Waals surface area contributed by atoms with Gasteiger partial charge >= 0.3 is 0 Å². The molecule has 1 aromatic rings. The summed E-state index contributed by atoms with van der Waals surface area (Å²) in [5.41, 5.74) is 1.63. The average Bonchev–Trinajstić information content (AvgIpc) is 3.47. The standard InChI is InChI=1S/C21H30N4O7.CH4/c26-9-18-20(29)21(30)19(28)17(32-18)6-13-4-5-15(23-13)16(27)8-25-14(7-22-24-25)11-31-10-12-2-1-3-12;/h5,7,12,17-21,26,28-30H,1-4,6,8-11H2;1H4/i;1D. The minimum Gasteiger partial charge on any atom is -0.394 e. The zero-order valence-corrected chi connectivity index (χ0v) is 18.8. The Balaban J connectivity index is 0.00000158. The Bertz CT molecular complexity index is 871. The van der Waals surface area contributed by atoms with Crippen molar-refractivity contribution in [3.8, 4) is 0 Å². The summed E-state index contributed by atoms with van der Waals surface area (Å²) in [4.78, 5) is 17.1. The second-order valence-electron chi connectivity index (χ2n) is 8.66. The first kappa shape index (κ1) is 24.1. The maximum absolute atomic E-state index is 12.7. The van der Waals surface area contributed by atoms with Crippen LogP contribution in [0.25, 0.3) is 0 Å². The molecule has 1 aliphatic carbocycles. The Kier molecular flexibility index (Phi) is 8.34. The van der Waals surface area contributed by atoms with Gasteiger partial charge in [0.25, 0.3) is 0 Å². The van der Waals surface area contributed by atoms with Gasteiger partial charge in [-0.3, -0.25) is 9.79 Å². The van der Waals surface area contributed by atoms with Crippen LogP contribution in [-0.2, 0) is 27.4 Å². The highest BCUT2D eigenvalue weighted by molar-refractivity contribution is 6.02. The monoisotopic (exact) mass is 467 g/mol. The first-order valence-corrected chi connectivity index (χ1v) is 11.0. The number of rotatable bonds is 10. The minimum atomic E-state index is -1.43. The number of carbonyl (C=O) groups excluding carboxylic acids is 1. The number of allylic oxidation sites excluding steroid dienone is 2. The second-order valence-corrected chi connectivity index (χ2v) is 8.66. The highest BCUT2D eigenvalue weighted by Crippen LogP contribution is 2.27. The summed E-state index contributed by atoms with van der Waals surface area (Å²) in [6, 6.07) is 0. The van der Waals surface area contributed by atoms with E-state index < -0.39 is 37.1 Å². The number of hydrogen-bond acceptors (Lipinski definition) is 10. The quantitative estimate of drug-likeness (QED) is 0.364. The van der Waals surface area contributed by atoms with Gasteiger partial charge in [0.1, 0.15) is 36.7 Å². The molecular weight excluding hydrogens is 432 g/mol. The molecule has 184 valence electrons. The highest BCUT2D eigenvalue weighted by atomic mass is 16.5. The number of aromatic nitrogens is 3. The molecule has 3 heterocycles. The third-order valence-corrected chi connectivity index (χ3v) is 6.34. The molecule has 4 rings (SSSR count). The molecule has 5 unspecified atom stereocenters. The van der Waals surface area contributed by atoms with Gasteiger partial charge < -0.3 is 29.9 Å². The summed E-state index contributed by atoms with van der Waals surface area (Å²) in [5, 5.41) is 47.2. The Morgan fingerprint density at radius 3 is 2.70 bits per heavy atom. The van der Waals surface area contributed by atoms with Crippen LogP contribution in [0.3, 0.4) is 0 Å². The van der Waals surface area contributed by atoms with E-state index in [0.29, 0.717) is 37.0 Å². The molecular formula is C22H34N4O7. The van der Waals surface area contributed by atoms with Gasteiger partial charge in [-0.05, 0) is 24.8 Å². The Hall–Kier alpha value is -2.02. The van der Waals surface area contributed by atoms with Crippen LogP contribution in [-0.4, -0.2) is 90.6 Å². The summed E-state index contributed by atoms with van der Waals surface area (Å²) in [6.07, 6.45) is 1.55. The van der Waals surface area contributed by atoms with Crippen LogP contribution in [0.2, 0.25) is 0 Å². The fourth-order valence-corrected chi connectivity index (χ4v) is 4.09. The van der Waals surface area contributed by atoms with E-state index in [1.807, 2.05) is 0 Å². The van der Waals surface area contributed by atoms with Crippen molar-refractivity contribution in [3.05, 3.63) is 23.7 Å². The van der Waals surface area contributed by atoms with Crippen molar-refractivity contribution in [1.29, 1.82) is 0 Å². The van der Waals surface area contributed by atoms with Crippen LogP contribution in [0.15, 0.2) is 23.0 Å². The fourth-order valence-electron chi connectivity index (χ4n) is 4.09. The molecule has 0 amide bonds. The lowest BCUT2D eigenvalue weighted by molar-refractivity contribution is -0.227. The van der Waals surface area contributed by atoms with Crippen molar-refractivity contribution in [2.75, 3.05) is 13.2 Å². The van der Waals surface area contributed by atoms with Crippen molar-refractivity contribution in [2.45, 2.75) is 83.2 Å². The highest BCUT2D eigenvalue weighted by Gasteiger charge is 2.43. The van der Waals surface area contributed by atoms with Gasteiger partial charge in [-0.25, -0.2) is 4.68 Å². The number of aliphatic hydroxyl groups excluding tert-OH is 4. The predicted octanol–water partition coefficient (Wildman–Crippen LogP) is -0.239. The van der Waals surface area contributed by atoms with E-state index in [1.165, 1.54) is 31.3 Å². The molecule has 33 heavy (non-hydrogen) atoms. The smallest absolute Gasteiger partial charge is 0.202 e. The third kappa shape index (κ3) is 5.92. The van der Waals surface area contributed by atoms with Gasteiger partial charge in [0.15, 0.2) is 0 Å². The molecule has 3 aliphatic rings. The summed E-state index contributed by atoms with van der Waals surface area (Å²) in [5.74, 6) is 0.403. The van der Waals surface area contributed by atoms with Crippen LogP contribution in [0, 0.1) is 5.92 Å². The predicted molar refractivity (Wildman–Crippen MR) is 117 cm³/mol. The SMILES string of the molecule is O=C(Cn1nncc1COCC1CCC1)C1=CCC(CC2OC(CO)C(O)C(O)C2O)=N1.[2H]C. The number of carbonyl (C=O) groups is 1. The maximum Gasteiger partial charge on any atom is 0.202 e. The first-order valence-electron chi connectivity index (χ1n) is 12.0. The van der Waals surface area contributed by atoms with Crippen LogP contribution < -0.4 is 0 Å². The fraction of sp³-hybridized carbons (Fsp3) is 0.727. The number of ketones is 1. The number of Topliss-reactive ketones (excluding diaryl/α,β-unsaturated/α-hetero) is 1. The number of hydrogen-bond donors (Lipinski definition) is 4. The van der Waals surface area contributed by atoms with Crippen LogP contribution in [0.1, 0.15) is 46.6 Å². The summed E-state index contributed by atoms with van der Waals surface area (Å²) < 4.78 is 18.5. The van der Waals surface area contributed by atoms with Gasteiger partial charge in [0.05, 0.1) is 31.2 Å². The van der Waals surface area contributed by atoms with Crippen molar-refractivity contribution >= 4 is 11.5 Å². The number of nitrogens with zero attached hydrogens (tertiary/aromatic N) is 4. The number of aliphatic imine (C=N–C) groups is 1. The molecule has 0 aromatic carbocycles. The summed E-state index contributed by atoms with van der Waals surface area (Å²) >= 11 is 0. The molecule has 0 radical (unpaired) electrons. The molecule has 11 nitrogen and oxygen atoms in total. The van der Waals surface area contributed by atoms with E-state index in [9.17, 15) is 25.2 Å². The molecule has 1 saturated carbocycles. The molecule has 4 N–H and O–H groups in total. The van der Waals surface area contributed by atoms with Gasteiger partial charge in [0.2, 0.25) is 5.78 Å². The molecule has 2 fully saturated rings. The van der Waals surface area contributed by atoms with Gasteiger partial charge in [-0.15, -0.1) is 5.10 Å². The zero-order valence-electron chi connectivity index (χ0n) is 19.8. The molecule has 5 atom stereocenters. The van der Waals surface area contributed by atoms with Gasteiger partial charge in [-0.2, -0.15) is 0 Å². The Morgan fingerprint density at radius 2 is 2.00 bits per heavy atom. The lowest BCUT2D eigenvalue weighted by atomic mass is 9.86. The molecule has 1 saturated heterocycles. The maximum atomic E-state index is 12.7. The number of ether oxygens (including phenoxy) is 2. The van der Waals surface area contributed by atoms with Crippen molar-refractivity contribution in [3.63, 3.8) is 0 Å². The lowest BCUT2D eigenvalue weighted by Crippen LogP contribution is -2.58. The van der Waals surface area contributed by atoms with Gasteiger partial charge in [-0.1, -0.05) is 19.0 Å². The van der Waals surface area contributed by atoms with E-state index in [-0.39, 0.29) is 18.7 Å². The zero-order chi connectivity index (χ0) is 24.7. The topological polar surface area (TPSA) is 160 Å². The largest absolute Gasteiger partial charge is 0.394 e. The first-order chi connectivity index (χ1) is 16.5. The minimum absolute atomic E-state index is 0.00915. The van der Waals surface area contributed by atoms with Crippen molar-refractivity contribution in [1.82, 2.24) is 15.0 Å². The van der Waals surface area contributed by atoms with E-state index in [4.69, 9.17) is 10.8 Å². The van der Waals surface area contributed by atoms with E-state index in [2.05, 4.69) is 15.3 Å². The van der Waals surface area contributed by atoms with Crippen molar-refractivity contribution in [2.24, 2.45) is 10.9 Å².